The van der Waals surface area contributed by atoms with Gasteiger partial charge in [-0.05, 0) is 27.8 Å². The van der Waals surface area contributed by atoms with Gasteiger partial charge in [-0.2, -0.15) is 0 Å². The van der Waals surface area contributed by atoms with E-state index in [4.69, 9.17) is 6.42 Å². The Balaban J connectivity index is 4.40. The molecule has 0 aromatic rings. The van der Waals surface area contributed by atoms with E-state index in [2.05, 4.69) is 16.6 Å². The molecule has 0 fully saturated rings. The molecule has 5 heteroatoms. The Hall–Kier alpha value is -1.67. The van der Waals surface area contributed by atoms with Gasteiger partial charge >= 0.3 is 0 Å². The van der Waals surface area contributed by atoms with E-state index in [1.54, 1.807) is 20.9 Å². The second kappa shape index (κ2) is 7.62. The van der Waals surface area contributed by atoms with Crippen LogP contribution in [-0.2, 0) is 14.4 Å². The van der Waals surface area contributed by atoms with Crippen molar-refractivity contribution in [3.8, 4) is 12.3 Å². The predicted octanol–water partition coefficient (Wildman–Crippen LogP) is -0.103. The summed E-state index contributed by atoms with van der Waals surface area (Å²) in [6.45, 7) is 4.62. The highest BCUT2D eigenvalue weighted by Crippen LogP contribution is 2.06. The van der Waals surface area contributed by atoms with Crippen molar-refractivity contribution < 1.29 is 14.4 Å². The molecule has 0 saturated carbocycles. The van der Waals surface area contributed by atoms with Crippen molar-refractivity contribution in [1.82, 2.24) is 10.6 Å². The number of carbonyl (C=O) groups is 3. The first-order valence-electron chi connectivity index (χ1n) is 5.80. The second-order valence-corrected chi connectivity index (χ2v) is 4.24. The molecule has 0 heterocycles. The standard InChI is InChI=1S/C13H20N2O3/c1-6-11(10(4)16)7-12(17)8(2)15-13(18)9(3)14-5/h1,8-9,11,14H,7H2,2-5H3,(H,15,18)/t8-,9-,11+/m0/s1. The van der Waals surface area contributed by atoms with Gasteiger partial charge < -0.3 is 10.6 Å². The lowest BCUT2D eigenvalue weighted by Gasteiger charge is -2.17. The third-order valence-corrected chi connectivity index (χ3v) is 2.77. The molecule has 3 atom stereocenters. The Morgan fingerprint density at radius 2 is 1.78 bits per heavy atom. The van der Waals surface area contributed by atoms with Crippen LogP contribution in [-0.4, -0.2) is 36.6 Å². The molecule has 0 aliphatic carbocycles. The van der Waals surface area contributed by atoms with Gasteiger partial charge in [0.2, 0.25) is 5.91 Å². The molecule has 0 unspecified atom stereocenters. The van der Waals surface area contributed by atoms with E-state index in [1.807, 2.05) is 0 Å². The summed E-state index contributed by atoms with van der Waals surface area (Å²) >= 11 is 0. The summed E-state index contributed by atoms with van der Waals surface area (Å²) in [4.78, 5) is 34.4. The van der Waals surface area contributed by atoms with E-state index in [9.17, 15) is 14.4 Å². The minimum Gasteiger partial charge on any atom is -0.345 e. The Labute approximate surface area is 108 Å². The predicted molar refractivity (Wildman–Crippen MR) is 68.8 cm³/mol. The van der Waals surface area contributed by atoms with Gasteiger partial charge in [-0.25, -0.2) is 0 Å². The number of carbonyl (C=O) groups excluding carboxylic acids is 3. The first-order valence-corrected chi connectivity index (χ1v) is 5.80. The maximum absolute atomic E-state index is 11.8. The summed E-state index contributed by atoms with van der Waals surface area (Å²) in [5, 5.41) is 5.34. The molecule has 0 spiro atoms. The lowest BCUT2D eigenvalue weighted by Crippen LogP contribution is -2.47. The molecule has 100 valence electrons. The molecule has 5 nitrogen and oxygen atoms in total. The summed E-state index contributed by atoms with van der Waals surface area (Å²) < 4.78 is 0. The van der Waals surface area contributed by atoms with Crippen LogP contribution in [0.25, 0.3) is 0 Å². The molecule has 0 aliphatic rings. The number of ketones is 2. The normalized spacial score (nSPS) is 15.1. The maximum Gasteiger partial charge on any atom is 0.237 e. The number of amides is 1. The van der Waals surface area contributed by atoms with Gasteiger partial charge in [0.1, 0.15) is 5.78 Å². The SMILES string of the molecule is C#C[C@H](CC(=O)[C@H](C)NC(=O)[C@H](C)NC)C(C)=O. The highest BCUT2D eigenvalue weighted by atomic mass is 16.2. The Bertz CT molecular complexity index is 371. The highest BCUT2D eigenvalue weighted by Gasteiger charge is 2.22. The molecule has 0 aromatic heterocycles. The number of rotatable bonds is 7. The Morgan fingerprint density at radius 3 is 2.17 bits per heavy atom. The van der Waals surface area contributed by atoms with E-state index >= 15 is 0 Å². The fourth-order valence-electron chi connectivity index (χ4n) is 1.25. The van der Waals surface area contributed by atoms with Crippen LogP contribution in [0.15, 0.2) is 0 Å². The lowest BCUT2D eigenvalue weighted by atomic mass is 9.96. The third kappa shape index (κ3) is 5.11. The van der Waals surface area contributed by atoms with Crippen LogP contribution in [0, 0.1) is 18.3 Å². The number of hydrogen-bond donors (Lipinski definition) is 2. The van der Waals surface area contributed by atoms with Crippen LogP contribution in [0.2, 0.25) is 0 Å². The van der Waals surface area contributed by atoms with Gasteiger partial charge in [0.15, 0.2) is 5.78 Å². The minimum atomic E-state index is -0.710. The molecule has 0 saturated heterocycles. The van der Waals surface area contributed by atoms with Crippen molar-refractivity contribution in [3.63, 3.8) is 0 Å². The highest BCUT2D eigenvalue weighted by molar-refractivity contribution is 5.93. The summed E-state index contributed by atoms with van der Waals surface area (Å²) in [6, 6.07) is -1.03. The van der Waals surface area contributed by atoms with Crippen molar-refractivity contribution in [1.29, 1.82) is 0 Å². The van der Waals surface area contributed by atoms with Gasteiger partial charge in [-0.3, -0.25) is 14.4 Å². The topological polar surface area (TPSA) is 75.3 Å². The largest absolute Gasteiger partial charge is 0.345 e. The minimum absolute atomic E-state index is 0.0405. The quantitative estimate of drug-likeness (QED) is 0.620. The number of hydrogen-bond acceptors (Lipinski definition) is 4. The Kier molecular flexibility index (Phi) is 6.91. The zero-order valence-electron chi connectivity index (χ0n) is 11.2. The summed E-state index contributed by atoms with van der Waals surface area (Å²) in [5.41, 5.74) is 0. The molecule has 1 amide bonds. The van der Waals surface area contributed by atoms with Crippen molar-refractivity contribution in [2.45, 2.75) is 39.3 Å². The number of Topliss-reactive ketones (excluding diaryl/α,β-unsaturated/α-hetero) is 2. The van der Waals surface area contributed by atoms with Crippen molar-refractivity contribution in [2.75, 3.05) is 7.05 Å². The van der Waals surface area contributed by atoms with Crippen LogP contribution in [0.4, 0.5) is 0 Å². The van der Waals surface area contributed by atoms with Crippen molar-refractivity contribution in [2.24, 2.45) is 5.92 Å². The second-order valence-electron chi connectivity index (χ2n) is 4.24. The fourth-order valence-corrected chi connectivity index (χ4v) is 1.25. The third-order valence-electron chi connectivity index (χ3n) is 2.77. The molecular weight excluding hydrogens is 232 g/mol. The summed E-state index contributed by atoms with van der Waals surface area (Å²) in [6.07, 6.45) is 5.13. The lowest BCUT2D eigenvalue weighted by molar-refractivity contribution is -0.129. The number of likely N-dealkylation sites (N-methyl/N-ethyl adjacent to an activating group) is 1. The first kappa shape index (κ1) is 16.3. The zero-order valence-corrected chi connectivity index (χ0v) is 11.2. The van der Waals surface area contributed by atoms with E-state index in [0.29, 0.717) is 0 Å². The van der Waals surface area contributed by atoms with E-state index in [1.165, 1.54) is 6.92 Å². The van der Waals surface area contributed by atoms with Gasteiger partial charge in [0, 0.05) is 6.42 Å². The first-order chi connectivity index (χ1) is 8.33. The van der Waals surface area contributed by atoms with E-state index in [0.717, 1.165) is 0 Å². The molecular formula is C13H20N2O3. The molecule has 0 aromatic carbocycles. The van der Waals surface area contributed by atoms with Gasteiger partial charge in [-0.15, -0.1) is 6.42 Å². The van der Waals surface area contributed by atoms with Crippen LogP contribution in [0.5, 0.6) is 0 Å². The molecule has 0 radical (unpaired) electrons. The van der Waals surface area contributed by atoms with Crippen LogP contribution in [0.1, 0.15) is 27.2 Å². The average Bonchev–Trinajstić information content (AvgIpc) is 2.33. The monoisotopic (exact) mass is 252 g/mol. The van der Waals surface area contributed by atoms with E-state index < -0.39 is 12.0 Å². The molecule has 0 bridgehead atoms. The van der Waals surface area contributed by atoms with Crippen LogP contribution >= 0.6 is 0 Å². The fraction of sp³-hybridized carbons (Fsp3) is 0.615. The smallest absolute Gasteiger partial charge is 0.237 e. The molecule has 0 rings (SSSR count). The number of nitrogens with one attached hydrogen (secondary N) is 2. The summed E-state index contributed by atoms with van der Waals surface area (Å²) in [5.74, 6) is 0.844. The van der Waals surface area contributed by atoms with Crippen LogP contribution < -0.4 is 10.6 Å². The maximum atomic E-state index is 11.8. The summed E-state index contributed by atoms with van der Waals surface area (Å²) in [7, 11) is 1.65. The molecule has 2 N–H and O–H groups in total. The van der Waals surface area contributed by atoms with Crippen molar-refractivity contribution in [3.05, 3.63) is 0 Å². The van der Waals surface area contributed by atoms with Gasteiger partial charge in [-0.1, -0.05) is 5.92 Å². The molecule has 0 aliphatic heterocycles. The van der Waals surface area contributed by atoms with Crippen LogP contribution in [0.3, 0.4) is 0 Å². The van der Waals surface area contributed by atoms with E-state index in [-0.39, 0.29) is 29.9 Å². The van der Waals surface area contributed by atoms with Gasteiger partial charge in [0.25, 0.3) is 0 Å². The van der Waals surface area contributed by atoms with Gasteiger partial charge in [0.05, 0.1) is 18.0 Å². The number of terminal acetylenes is 1. The average molecular weight is 252 g/mol. The van der Waals surface area contributed by atoms with Crippen molar-refractivity contribution >= 4 is 17.5 Å². The molecule has 18 heavy (non-hydrogen) atoms. The zero-order chi connectivity index (χ0) is 14.3. The Morgan fingerprint density at radius 1 is 1.22 bits per heavy atom.